The van der Waals surface area contributed by atoms with Crippen LogP contribution in [0.3, 0.4) is 0 Å². The molecule has 0 aliphatic carbocycles. The molecule has 0 heterocycles. The van der Waals surface area contributed by atoms with E-state index in [1.54, 1.807) is 0 Å². The van der Waals surface area contributed by atoms with E-state index in [4.69, 9.17) is 4.74 Å². The Morgan fingerprint density at radius 2 is 2.09 bits per heavy atom. The summed E-state index contributed by atoms with van der Waals surface area (Å²) in [5.74, 6) is -0.209. The first-order chi connectivity index (χ1) is 5.02. The lowest BCUT2D eigenvalue weighted by Gasteiger charge is -2.10. The van der Waals surface area contributed by atoms with Gasteiger partial charge in [0.25, 0.3) is 0 Å². The fraction of sp³-hybridized carbons (Fsp3) is 0.667. The van der Waals surface area contributed by atoms with Gasteiger partial charge in [-0.25, -0.2) is 0 Å². The summed E-state index contributed by atoms with van der Waals surface area (Å²) >= 11 is 0. The maximum absolute atomic E-state index is 10.5. The van der Waals surface area contributed by atoms with E-state index in [1.807, 2.05) is 13.8 Å². The van der Waals surface area contributed by atoms with Gasteiger partial charge in [0.1, 0.15) is 0 Å². The Hall–Kier alpha value is -0.790. The molecule has 1 unspecified atom stereocenters. The molecule has 0 spiro atoms. The highest BCUT2D eigenvalue weighted by molar-refractivity contribution is 5.66. The van der Waals surface area contributed by atoms with E-state index in [-0.39, 0.29) is 12.1 Å². The van der Waals surface area contributed by atoms with Crippen LogP contribution in [0.25, 0.3) is 0 Å². The van der Waals surface area contributed by atoms with Crippen molar-refractivity contribution in [3.05, 3.63) is 12.2 Å². The molecule has 0 aromatic carbocycles. The Morgan fingerprint density at radius 1 is 1.55 bits per heavy atom. The summed E-state index contributed by atoms with van der Waals surface area (Å²) in [6, 6.07) is 0. The molecular formula is C9H16O2. The number of allylic oxidation sites excluding steroid dienone is 1. The fourth-order valence-electron chi connectivity index (χ4n) is 0.792. The van der Waals surface area contributed by atoms with Crippen molar-refractivity contribution in [1.82, 2.24) is 0 Å². The van der Waals surface area contributed by atoms with Crippen LogP contribution in [0.5, 0.6) is 0 Å². The summed E-state index contributed by atoms with van der Waals surface area (Å²) in [6.45, 7) is 9.06. The van der Waals surface area contributed by atoms with Crippen LogP contribution in [0.4, 0.5) is 0 Å². The molecule has 64 valence electrons. The van der Waals surface area contributed by atoms with E-state index in [0.717, 1.165) is 18.4 Å². The zero-order valence-electron chi connectivity index (χ0n) is 7.52. The lowest BCUT2D eigenvalue weighted by Crippen LogP contribution is -2.11. The molecule has 0 aromatic rings. The van der Waals surface area contributed by atoms with Gasteiger partial charge >= 0.3 is 5.97 Å². The molecule has 0 aromatic heterocycles. The lowest BCUT2D eigenvalue weighted by atomic mass is 10.1. The number of hydrogen-bond donors (Lipinski definition) is 0. The van der Waals surface area contributed by atoms with Gasteiger partial charge in [0.05, 0.1) is 6.10 Å². The van der Waals surface area contributed by atoms with Gasteiger partial charge < -0.3 is 4.74 Å². The molecule has 1 atom stereocenters. The monoisotopic (exact) mass is 156 g/mol. The number of esters is 1. The molecule has 0 bridgehead atoms. The maximum Gasteiger partial charge on any atom is 0.302 e. The smallest absolute Gasteiger partial charge is 0.302 e. The third-order valence-corrected chi connectivity index (χ3v) is 1.34. The minimum Gasteiger partial charge on any atom is -0.463 e. The normalized spacial score (nSPS) is 12.3. The Kier molecular flexibility index (Phi) is 4.59. The molecule has 0 N–H and O–H groups in total. The lowest BCUT2D eigenvalue weighted by molar-refractivity contribution is -0.145. The van der Waals surface area contributed by atoms with Crippen LogP contribution in [0, 0.1) is 0 Å². The first-order valence-electron chi connectivity index (χ1n) is 3.84. The number of carbonyl (C=O) groups excluding carboxylic acids is 1. The summed E-state index contributed by atoms with van der Waals surface area (Å²) in [6.07, 6.45) is 1.81. The minimum atomic E-state index is -0.209. The molecule has 0 rings (SSSR count). The molecule has 0 saturated carbocycles. The predicted octanol–water partition coefficient (Wildman–Crippen LogP) is 2.29. The van der Waals surface area contributed by atoms with E-state index in [9.17, 15) is 4.79 Å². The average molecular weight is 156 g/mol. The van der Waals surface area contributed by atoms with Gasteiger partial charge in [-0.3, -0.25) is 4.79 Å². The summed E-state index contributed by atoms with van der Waals surface area (Å²) < 4.78 is 4.92. The SMILES string of the molecule is C=C(C)CCC(C)OC(C)=O. The molecule has 0 radical (unpaired) electrons. The Balaban J connectivity index is 3.44. The van der Waals surface area contributed by atoms with E-state index < -0.39 is 0 Å². The van der Waals surface area contributed by atoms with Crippen LogP contribution < -0.4 is 0 Å². The summed E-state index contributed by atoms with van der Waals surface area (Å²) in [5, 5.41) is 0. The second-order valence-electron chi connectivity index (χ2n) is 2.92. The molecular weight excluding hydrogens is 140 g/mol. The fourth-order valence-corrected chi connectivity index (χ4v) is 0.792. The van der Waals surface area contributed by atoms with E-state index >= 15 is 0 Å². The van der Waals surface area contributed by atoms with Gasteiger partial charge in [-0.1, -0.05) is 5.57 Å². The molecule has 2 heteroatoms. The van der Waals surface area contributed by atoms with Crippen molar-refractivity contribution in [1.29, 1.82) is 0 Å². The number of ether oxygens (including phenoxy) is 1. The Labute approximate surface area is 68.2 Å². The van der Waals surface area contributed by atoms with Crippen LogP contribution >= 0.6 is 0 Å². The highest BCUT2D eigenvalue weighted by atomic mass is 16.5. The number of rotatable bonds is 4. The molecule has 0 aliphatic heterocycles. The molecule has 0 aliphatic rings. The summed E-state index contributed by atoms with van der Waals surface area (Å²) in [4.78, 5) is 10.5. The highest BCUT2D eigenvalue weighted by Gasteiger charge is 2.03. The minimum absolute atomic E-state index is 0.0178. The van der Waals surface area contributed by atoms with Gasteiger partial charge in [-0.2, -0.15) is 0 Å². The largest absolute Gasteiger partial charge is 0.463 e. The number of hydrogen-bond acceptors (Lipinski definition) is 2. The van der Waals surface area contributed by atoms with Crippen LogP contribution in [-0.4, -0.2) is 12.1 Å². The van der Waals surface area contributed by atoms with Crippen molar-refractivity contribution in [2.45, 2.75) is 39.7 Å². The van der Waals surface area contributed by atoms with Gasteiger partial charge in [0.15, 0.2) is 0 Å². The van der Waals surface area contributed by atoms with Crippen LogP contribution in [-0.2, 0) is 9.53 Å². The summed E-state index contributed by atoms with van der Waals surface area (Å²) in [5.41, 5.74) is 1.13. The van der Waals surface area contributed by atoms with Crippen molar-refractivity contribution >= 4 is 5.97 Å². The van der Waals surface area contributed by atoms with Crippen molar-refractivity contribution in [3.63, 3.8) is 0 Å². The molecule has 0 saturated heterocycles. The van der Waals surface area contributed by atoms with Crippen molar-refractivity contribution in [3.8, 4) is 0 Å². The predicted molar refractivity (Wildman–Crippen MR) is 45.3 cm³/mol. The molecule has 0 fully saturated rings. The zero-order chi connectivity index (χ0) is 8.85. The van der Waals surface area contributed by atoms with Crippen LogP contribution in [0.15, 0.2) is 12.2 Å². The van der Waals surface area contributed by atoms with E-state index in [1.165, 1.54) is 6.92 Å². The second kappa shape index (κ2) is 4.94. The van der Waals surface area contributed by atoms with Crippen molar-refractivity contribution < 1.29 is 9.53 Å². The molecule has 2 nitrogen and oxygen atoms in total. The van der Waals surface area contributed by atoms with Gasteiger partial charge in [0.2, 0.25) is 0 Å². The van der Waals surface area contributed by atoms with Gasteiger partial charge in [0, 0.05) is 6.92 Å². The Bertz CT molecular complexity index is 150. The quantitative estimate of drug-likeness (QED) is 0.461. The molecule has 11 heavy (non-hydrogen) atoms. The Morgan fingerprint density at radius 3 is 2.45 bits per heavy atom. The molecule has 0 amide bonds. The van der Waals surface area contributed by atoms with E-state index in [0.29, 0.717) is 0 Å². The average Bonchev–Trinajstić information content (AvgIpc) is 1.82. The third kappa shape index (κ3) is 7.10. The zero-order valence-corrected chi connectivity index (χ0v) is 7.52. The maximum atomic E-state index is 10.5. The van der Waals surface area contributed by atoms with Gasteiger partial charge in [-0.15, -0.1) is 6.58 Å². The standard InChI is InChI=1S/C9H16O2/c1-7(2)5-6-8(3)11-9(4)10/h8H,1,5-6H2,2-4H3. The van der Waals surface area contributed by atoms with Crippen LogP contribution in [0.2, 0.25) is 0 Å². The summed E-state index contributed by atoms with van der Waals surface area (Å²) in [7, 11) is 0. The first-order valence-corrected chi connectivity index (χ1v) is 3.84. The van der Waals surface area contributed by atoms with Crippen molar-refractivity contribution in [2.75, 3.05) is 0 Å². The topological polar surface area (TPSA) is 26.3 Å². The van der Waals surface area contributed by atoms with Crippen LogP contribution in [0.1, 0.15) is 33.6 Å². The van der Waals surface area contributed by atoms with Gasteiger partial charge in [-0.05, 0) is 26.7 Å². The van der Waals surface area contributed by atoms with Crippen molar-refractivity contribution in [2.24, 2.45) is 0 Å². The highest BCUT2D eigenvalue weighted by Crippen LogP contribution is 2.06. The second-order valence-corrected chi connectivity index (χ2v) is 2.92. The van der Waals surface area contributed by atoms with E-state index in [2.05, 4.69) is 6.58 Å². The first kappa shape index (κ1) is 10.2. The number of carbonyl (C=O) groups is 1. The third-order valence-electron chi connectivity index (χ3n) is 1.34.